The number of nitrogens with zero attached hydrogens (tertiary/aromatic N) is 3. The Morgan fingerprint density at radius 3 is 2.65 bits per heavy atom. The molecule has 1 fully saturated rings. The SMILES string of the molecule is CC(Sc1ncccc1C(=O)NCCc1cccc2cccnc12)C(=O)N1CCCC1. The summed E-state index contributed by atoms with van der Waals surface area (Å²) >= 11 is 1.35. The first-order chi connectivity index (χ1) is 15.1. The number of nitrogens with one attached hydrogen (secondary N) is 1. The molecule has 7 heteroatoms. The summed E-state index contributed by atoms with van der Waals surface area (Å²) in [5.41, 5.74) is 2.57. The number of para-hydroxylation sites is 1. The van der Waals surface area contributed by atoms with E-state index in [9.17, 15) is 9.59 Å². The highest BCUT2D eigenvalue weighted by atomic mass is 32.2. The van der Waals surface area contributed by atoms with Crippen LogP contribution in [0, 0.1) is 0 Å². The van der Waals surface area contributed by atoms with Crippen molar-refractivity contribution in [1.29, 1.82) is 0 Å². The number of carbonyl (C=O) groups excluding carboxylic acids is 2. The van der Waals surface area contributed by atoms with Gasteiger partial charge in [0.05, 0.1) is 16.3 Å². The number of amides is 2. The number of aromatic nitrogens is 2. The van der Waals surface area contributed by atoms with Crippen molar-refractivity contribution in [3.63, 3.8) is 0 Å². The van der Waals surface area contributed by atoms with Crippen LogP contribution < -0.4 is 5.32 Å². The lowest BCUT2D eigenvalue weighted by molar-refractivity contribution is -0.129. The fraction of sp³-hybridized carbons (Fsp3) is 0.333. The van der Waals surface area contributed by atoms with E-state index in [-0.39, 0.29) is 17.1 Å². The van der Waals surface area contributed by atoms with Crippen molar-refractivity contribution in [2.75, 3.05) is 19.6 Å². The summed E-state index contributed by atoms with van der Waals surface area (Å²) in [6.07, 6.45) is 6.26. The monoisotopic (exact) mass is 434 g/mol. The zero-order valence-corrected chi connectivity index (χ0v) is 18.4. The standard InChI is InChI=1S/C24H26N4O2S/c1-17(24(30)28-15-2-3-16-28)31-23-20(10-6-13-27-23)22(29)26-14-11-19-8-4-7-18-9-5-12-25-21(18)19/h4-10,12-13,17H,2-3,11,14-16H2,1H3,(H,26,29). The van der Waals surface area contributed by atoms with E-state index in [1.807, 2.05) is 42.2 Å². The van der Waals surface area contributed by atoms with E-state index in [0.29, 0.717) is 23.6 Å². The molecule has 6 nitrogen and oxygen atoms in total. The Hall–Kier alpha value is -2.93. The van der Waals surface area contributed by atoms with Crippen molar-refractivity contribution in [3.8, 4) is 0 Å². The second-order valence-corrected chi connectivity index (χ2v) is 8.98. The van der Waals surface area contributed by atoms with Crippen LogP contribution in [0.4, 0.5) is 0 Å². The first-order valence-corrected chi connectivity index (χ1v) is 11.5. The van der Waals surface area contributed by atoms with Crippen LogP contribution in [0.5, 0.6) is 0 Å². The third kappa shape index (κ3) is 5.05. The Balaban J connectivity index is 1.39. The van der Waals surface area contributed by atoms with E-state index in [2.05, 4.69) is 15.3 Å². The van der Waals surface area contributed by atoms with E-state index in [1.54, 1.807) is 24.5 Å². The smallest absolute Gasteiger partial charge is 0.254 e. The summed E-state index contributed by atoms with van der Waals surface area (Å²) in [4.78, 5) is 36.2. The summed E-state index contributed by atoms with van der Waals surface area (Å²) in [6.45, 7) is 4.02. The molecule has 0 bridgehead atoms. The molecule has 0 aliphatic carbocycles. The maximum atomic E-state index is 12.9. The molecular weight excluding hydrogens is 408 g/mol. The normalized spacial score (nSPS) is 14.5. The first kappa shape index (κ1) is 21.3. The molecule has 3 aromatic rings. The van der Waals surface area contributed by atoms with Gasteiger partial charge in [0.15, 0.2) is 0 Å². The van der Waals surface area contributed by atoms with Gasteiger partial charge in [-0.05, 0) is 49.9 Å². The molecule has 1 aliphatic rings. The number of pyridine rings is 2. The lowest BCUT2D eigenvalue weighted by atomic mass is 10.1. The summed E-state index contributed by atoms with van der Waals surface area (Å²) < 4.78 is 0. The molecule has 1 saturated heterocycles. The third-order valence-corrected chi connectivity index (χ3v) is 6.57. The maximum Gasteiger partial charge on any atom is 0.254 e. The van der Waals surface area contributed by atoms with Crippen LogP contribution in [-0.4, -0.2) is 51.6 Å². The second kappa shape index (κ2) is 9.92. The van der Waals surface area contributed by atoms with Gasteiger partial charge >= 0.3 is 0 Å². The average Bonchev–Trinajstić information content (AvgIpc) is 3.34. The molecule has 2 amide bonds. The van der Waals surface area contributed by atoms with Crippen LogP contribution in [0.1, 0.15) is 35.7 Å². The van der Waals surface area contributed by atoms with Crippen LogP contribution in [0.15, 0.2) is 59.9 Å². The largest absolute Gasteiger partial charge is 0.352 e. The predicted molar refractivity (Wildman–Crippen MR) is 123 cm³/mol. The molecule has 31 heavy (non-hydrogen) atoms. The van der Waals surface area contributed by atoms with Gasteiger partial charge in [0.1, 0.15) is 5.03 Å². The van der Waals surface area contributed by atoms with E-state index >= 15 is 0 Å². The van der Waals surface area contributed by atoms with Gasteiger partial charge in [-0.25, -0.2) is 4.98 Å². The van der Waals surface area contributed by atoms with Gasteiger partial charge in [-0.15, -0.1) is 0 Å². The van der Waals surface area contributed by atoms with Crippen molar-refractivity contribution in [2.24, 2.45) is 0 Å². The molecule has 0 radical (unpaired) electrons. The van der Waals surface area contributed by atoms with E-state index in [1.165, 1.54) is 11.8 Å². The van der Waals surface area contributed by atoms with Crippen LogP contribution in [0.25, 0.3) is 10.9 Å². The number of thioether (sulfide) groups is 1. The molecule has 3 heterocycles. The number of carbonyl (C=O) groups is 2. The minimum Gasteiger partial charge on any atom is -0.352 e. The number of likely N-dealkylation sites (tertiary alicyclic amines) is 1. The average molecular weight is 435 g/mol. The van der Waals surface area contributed by atoms with Crippen molar-refractivity contribution in [2.45, 2.75) is 36.5 Å². The molecule has 1 N–H and O–H groups in total. The van der Waals surface area contributed by atoms with E-state index in [4.69, 9.17) is 0 Å². The van der Waals surface area contributed by atoms with E-state index in [0.717, 1.165) is 42.4 Å². The maximum absolute atomic E-state index is 12.9. The highest BCUT2D eigenvalue weighted by Gasteiger charge is 2.25. The zero-order valence-electron chi connectivity index (χ0n) is 17.6. The van der Waals surface area contributed by atoms with Crippen molar-refractivity contribution >= 4 is 34.5 Å². The Bertz CT molecular complexity index is 1080. The Morgan fingerprint density at radius 1 is 1.06 bits per heavy atom. The van der Waals surface area contributed by atoms with Crippen molar-refractivity contribution < 1.29 is 9.59 Å². The topological polar surface area (TPSA) is 75.2 Å². The fourth-order valence-electron chi connectivity index (χ4n) is 3.85. The van der Waals surface area contributed by atoms with Crippen molar-refractivity contribution in [1.82, 2.24) is 20.2 Å². The van der Waals surface area contributed by atoms with Crippen LogP contribution >= 0.6 is 11.8 Å². The summed E-state index contributed by atoms with van der Waals surface area (Å²) in [5.74, 6) is -0.0624. The molecular formula is C24H26N4O2S. The molecule has 0 spiro atoms. The summed E-state index contributed by atoms with van der Waals surface area (Å²) in [7, 11) is 0. The number of rotatable bonds is 7. The molecule has 1 unspecified atom stereocenters. The lowest BCUT2D eigenvalue weighted by Gasteiger charge is -2.20. The van der Waals surface area contributed by atoms with Gasteiger partial charge < -0.3 is 10.2 Å². The zero-order chi connectivity index (χ0) is 21.6. The minimum absolute atomic E-state index is 0.114. The predicted octanol–water partition coefficient (Wildman–Crippen LogP) is 3.71. The van der Waals surface area contributed by atoms with Crippen molar-refractivity contribution in [3.05, 3.63) is 66.0 Å². The Kier molecular flexibility index (Phi) is 6.82. The molecule has 2 aromatic heterocycles. The fourth-order valence-corrected chi connectivity index (χ4v) is 4.84. The minimum atomic E-state index is -0.277. The highest BCUT2D eigenvalue weighted by molar-refractivity contribution is 8.00. The van der Waals surface area contributed by atoms with Gasteiger partial charge in [-0.2, -0.15) is 0 Å². The molecule has 0 saturated carbocycles. The van der Waals surface area contributed by atoms with Gasteiger partial charge in [0.25, 0.3) is 5.91 Å². The molecule has 1 atom stereocenters. The van der Waals surface area contributed by atoms with Gasteiger partial charge in [0, 0.05) is 37.4 Å². The summed E-state index contributed by atoms with van der Waals surface area (Å²) in [6, 6.07) is 13.6. The lowest BCUT2D eigenvalue weighted by Crippen LogP contribution is -2.34. The molecule has 1 aromatic carbocycles. The quantitative estimate of drug-likeness (QED) is 0.574. The molecule has 160 valence electrons. The number of benzene rings is 1. The number of hydrogen-bond acceptors (Lipinski definition) is 5. The van der Waals surface area contributed by atoms with Crippen LogP contribution in [0.3, 0.4) is 0 Å². The Labute approximate surface area is 186 Å². The van der Waals surface area contributed by atoms with Crippen LogP contribution in [-0.2, 0) is 11.2 Å². The van der Waals surface area contributed by atoms with Gasteiger partial charge in [0.2, 0.25) is 5.91 Å². The number of hydrogen-bond donors (Lipinski definition) is 1. The van der Waals surface area contributed by atoms with E-state index < -0.39 is 0 Å². The van der Waals surface area contributed by atoms with Gasteiger partial charge in [-0.1, -0.05) is 36.0 Å². The van der Waals surface area contributed by atoms with Gasteiger partial charge in [-0.3, -0.25) is 14.6 Å². The highest BCUT2D eigenvalue weighted by Crippen LogP contribution is 2.27. The third-order valence-electron chi connectivity index (χ3n) is 5.47. The summed E-state index contributed by atoms with van der Waals surface area (Å²) in [5, 5.41) is 4.40. The van der Waals surface area contributed by atoms with Crippen LogP contribution in [0.2, 0.25) is 0 Å². The molecule has 4 rings (SSSR count). The first-order valence-electron chi connectivity index (χ1n) is 10.6. The second-order valence-electron chi connectivity index (χ2n) is 7.65. The Morgan fingerprint density at radius 2 is 1.81 bits per heavy atom. The molecule has 1 aliphatic heterocycles. The number of fused-ring (bicyclic) bond motifs is 1.